The molecule has 13 heavy (non-hydrogen) atoms. The highest BCUT2D eigenvalue weighted by molar-refractivity contribution is 5.75. The van der Waals surface area contributed by atoms with Crippen LogP contribution in [0.15, 0.2) is 0 Å². The van der Waals surface area contributed by atoms with Crippen molar-refractivity contribution in [3.8, 4) is 0 Å². The largest absolute Gasteiger partial charge is 0.349 e. The molecule has 0 aromatic carbocycles. The molecule has 0 aromatic heterocycles. The summed E-state index contributed by atoms with van der Waals surface area (Å²) in [7, 11) is 0. The predicted octanol–water partition coefficient (Wildman–Crippen LogP) is 0.133. The molecule has 1 unspecified atom stereocenters. The minimum absolute atomic E-state index is 0.0343. The number of nitrogens with zero attached hydrogens (tertiary/aromatic N) is 1. The molecule has 1 atom stereocenters. The molecule has 1 fully saturated rings. The van der Waals surface area contributed by atoms with E-state index in [1.165, 1.54) is 6.92 Å². The van der Waals surface area contributed by atoms with Crippen LogP contribution in [0.3, 0.4) is 0 Å². The Labute approximate surface area is 78.3 Å². The molecule has 0 aliphatic carbocycles. The minimum Gasteiger partial charge on any atom is -0.349 e. The molecule has 0 spiro atoms. The second-order valence-corrected chi connectivity index (χ2v) is 3.93. The van der Waals surface area contributed by atoms with Crippen molar-refractivity contribution in [3.63, 3.8) is 0 Å². The third kappa shape index (κ3) is 2.44. The van der Waals surface area contributed by atoms with E-state index in [1.54, 1.807) is 11.8 Å². The molecule has 0 radical (unpaired) electrons. The van der Waals surface area contributed by atoms with E-state index in [2.05, 4.69) is 5.32 Å². The lowest BCUT2D eigenvalue weighted by Crippen LogP contribution is -2.47. The summed E-state index contributed by atoms with van der Waals surface area (Å²) in [6.07, 6.45) is 0.839. The first kappa shape index (κ1) is 10.0. The normalized spacial score (nSPS) is 27.5. The molecule has 1 aliphatic rings. The fraction of sp³-hybridized carbons (Fsp3) is 0.778. The molecule has 1 aliphatic heterocycles. The van der Waals surface area contributed by atoms with Gasteiger partial charge in [-0.15, -0.1) is 0 Å². The Morgan fingerprint density at radius 1 is 1.38 bits per heavy atom. The van der Waals surface area contributed by atoms with E-state index in [-0.39, 0.29) is 17.4 Å². The van der Waals surface area contributed by atoms with Gasteiger partial charge in [-0.1, -0.05) is 0 Å². The summed E-state index contributed by atoms with van der Waals surface area (Å²) in [5, 5.41) is 2.87. The molecule has 0 aromatic rings. The second-order valence-electron chi connectivity index (χ2n) is 3.93. The Morgan fingerprint density at radius 3 is 2.38 bits per heavy atom. The third-order valence-electron chi connectivity index (χ3n) is 2.40. The zero-order valence-corrected chi connectivity index (χ0v) is 8.39. The topological polar surface area (TPSA) is 49.4 Å². The minimum atomic E-state index is -0.225. The van der Waals surface area contributed by atoms with Crippen molar-refractivity contribution in [2.24, 2.45) is 0 Å². The first-order valence-corrected chi connectivity index (χ1v) is 4.47. The number of nitrogens with one attached hydrogen (secondary N) is 1. The second kappa shape index (κ2) is 3.36. The van der Waals surface area contributed by atoms with Crippen molar-refractivity contribution in [1.29, 1.82) is 0 Å². The lowest BCUT2D eigenvalue weighted by atomic mass is 10.0. The van der Waals surface area contributed by atoms with Crippen molar-refractivity contribution in [3.05, 3.63) is 0 Å². The molecule has 1 rings (SSSR count). The van der Waals surface area contributed by atoms with Crippen molar-refractivity contribution in [2.45, 2.75) is 32.7 Å². The predicted molar refractivity (Wildman–Crippen MR) is 49.1 cm³/mol. The summed E-state index contributed by atoms with van der Waals surface area (Å²) in [5.41, 5.74) is -0.225. The Kier molecular flexibility index (Phi) is 2.59. The number of likely N-dealkylation sites (tertiary alicyclic amines) is 1. The van der Waals surface area contributed by atoms with Gasteiger partial charge in [-0.25, -0.2) is 0 Å². The summed E-state index contributed by atoms with van der Waals surface area (Å²) in [6, 6.07) is 0. The van der Waals surface area contributed by atoms with E-state index in [9.17, 15) is 9.59 Å². The smallest absolute Gasteiger partial charge is 0.219 e. The van der Waals surface area contributed by atoms with Crippen LogP contribution in [0.5, 0.6) is 0 Å². The van der Waals surface area contributed by atoms with Crippen LogP contribution in [0, 0.1) is 0 Å². The van der Waals surface area contributed by atoms with Gasteiger partial charge in [-0.3, -0.25) is 9.59 Å². The van der Waals surface area contributed by atoms with Crippen molar-refractivity contribution in [1.82, 2.24) is 10.2 Å². The third-order valence-corrected chi connectivity index (χ3v) is 2.40. The van der Waals surface area contributed by atoms with Crippen LogP contribution in [0.2, 0.25) is 0 Å². The van der Waals surface area contributed by atoms with Gasteiger partial charge in [0, 0.05) is 26.9 Å². The van der Waals surface area contributed by atoms with Crippen LogP contribution in [-0.4, -0.2) is 35.3 Å². The standard InChI is InChI=1S/C9H16N2O2/c1-7(12)10-9(3)4-5-11(6-9)8(2)13/h4-6H2,1-3H3,(H,10,12). The molecular weight excluding hydrogens is 168 g/mol. The Morgan fingerprint density at radius 2 is 2.00 bits per heavy atom. The van der Waals surface area contributed by atoms with Gasteiger partial charge < -0.3 is 10.2 Å². The van der Waals surface area contributed by atoms with Gasteiger partial charge >= 0.3 is 0 Å². The lowest BCUT2D eigenvalue weighted by Gasteiger charge is -2.24. The van der Waals surface area contributed by atoms with Crippen LogP contribution in [-0.2, 0) is 9.59 Å². The van der Waals surface area contributed by atoms with Gasteiger partial charge in [0.05, 0.1) is 5.54 Å². The number of rotatable bonds is 1. The average Bonchev–Trinajstić information content (AvgIpc) is 2.29. The van der Waals surface area contributed by atoms with Crippen LogP contribution < -0.4 is 5.32 Å². The van der Waals surface area contributed by atoms with Gasteiger partial charge in [0.15, 0.2) is 0 Å². The molecule has 0 bridgehead atoms. The maximum Gasteiger partial charge on any atom is 0.219 e. The number of hydrogen-bond donors (Lipinski definition) is 1. The highest BCUT2D eigenvalue weighted by Gasteiger charge is 2.35. The first-order chi connectivity index (χ1) is 5.93. The average molecular weight is 184 g/mol. The summed E-state index contributed by atoms with van der Waals surface area (Å²) in [5.74, 6) is 0.0435. The van der Waals surface area contributed by atoms with Gasteiger partial charge in [0.25, 0.3) is 0 Å². The van der Waals surface area contributed by atoms with Gasteiger partial charge in [-0.05, 0) is 13.3 Å². The van der Waals surface area contributed by atoms with E-state index in [4.69, 9.17) is 0 Å². The maximum absolute atomic E-state index is 11.0. The molecule has 2 amide bonds. The fourth-order valence-corrected chi connectivity index (χ4v) is 1.76. The van der Waals surface area contributed by atoms with E-state index in [0.717, 1.165) is 13.0 Å². The quantitative estimate of drug-likeness (QED) is 0.630. The van der Waals surface area contributed by atoms with E-state index >= 15 is 0 Å². The number of carbonyl (C=O) groups excluding carboxylic acids is 2. The fourth-order valence-electron chi connectivity index (χ4n) is 1.76. The summed E-state index contributed by atoms with van der Waals surface area (Å²) < 4.78 is 0. The van der Waals surface area contributed by atoms with Crippen molar-refractivity contribution >= 4 is 11.8 Å². The molecular formula is C9H16N2O2. The van der Waals surface area contributed by atoms with Crippen LogP contribution in [0.25, 0.3) is 0 Å². The van der Waals surface area contributed by atoms with E-state index in [0.29, 0.717) is 6.54 Å². The van der Waals surface area contributed by atoms with E-state index in [1.807, 2.05) is 6.92 Å². The highest BCUT2D eigenvalue weighted by atomic mass is 16.2. The zero-order chi connectivity index (χ0) is 10.1. The molecule has 0 saturated carbocycles. The molecule has 4 nitrogen and oxygen atoms in total. The first-order valence-electron chi connectivity index (χ1n) is 4.47. The summed E-state index contributed by atoms with van der Waals surface area (Å²) in [6.45, 7) is 6.40. The molecule has 1 N–H and O–H groups in total. The molecule has 1 heterocycles. The summed E-state index contributed by atoms with van der Waals surface area (Å²) >= 11 is 0. The maximum atomic E-state index is 11.0. The number of amides is 2. The van der Waals surface area contributed by atoms with Crippen molar-refractivity contribution in [2.75, 3.05) is 13.1 Å². The molecule has 74 valence electrons. The number of carbonyl (C=O) groups is 2. The number of hydrogen-bond acceptors (Lipinski definition) is 2. The van der Waals surface area contributed by atoms with E-state index < -0.39 is 0 Å². The van der Waals surface area contributed by atoms with Gasteiger partial charge in [0.1, 0.15) is 0 Å². The monoisotopic (exact) mass is 184 g/mol. The molecule has 4 heteroatoms. The Hall–Kier alpha value is -1.06. The van der Waals surface area contributed by atoms with Gasteiger partial charge in [-0.2, -0.15) is 0 Å². The van der Waals surface area contributed by atoms with Crippen LogP contribution >= 0.6 is 0 Å². The zero-order valence-electron chi connectivity index (χ0n) is 8.39. The Balaban J connectivity index is 2.56. The molecule has 1 saturated heterocycles. The van der Waals surface area contributed by atoms with Gasteiger partial charge in [0.2, 0.25) is 11.8 Å². The summed E-state index contributed by atoms with van der Waals surface area (Å²) in [4.78, 5) is 23.7. The Bertz CT molecular complexity index is 240. The van der Waals surface area contributed by atoms with Crippen LogP contribution in [0.1, 0.15) is 27.2 Å². The highest BCUT2D eigenvalue weighted by Crippen LogP contribution is 2.20. The lowest BCUT2D eigenvalue weighted by molar-refractivity contribution is -0.128. The SMILES string of the molecule is CC(=O)NC1(C)CCN(C(C)=O)C1. The van der Waals surface area contributed by atoms with Crippen molar-refractivity contribution < 1.29 is 9.59 Å². The van der Waals surface area contributed by atoms with Crippen LogP contribution in [0.4, 0.5) is 0 Å².